The first-order valence-electron chi connectivity index (χ1n) is 5.94. The molecule has 0 atom stereocenters. The summed E-state index contributed by atoms with van der Waals surface area (Å²) in [4.78, 5) is 7.17. The molecule has 1 aromatic rings. The zero-order valence-electron chi connectivity index (χ0n) is 9.86. The molecule has 3 rings (SSSR count). The molecule has 1 saturated heterocycles. The molecule has 2 N–H and O–H groups in total. The number of anilines is 1. The smallest absolute Gasteiger partial charge is 0.252 e. The number of rotatable bonds is 2. The van der Waals surface area contributed by atoms with E-state index in [0.717, 1.165) is 23.1 Å². The number of thiazole rings is 1. The highest BCUT2D eigenvalue weighted by Gasteiger charge is 2.56. The molecule has 18 heavy (non-hydrogen) atoms. The summed E-state index contributed by atoms with van der Waals surface area (Å²) < 4.78 is 31.2. The van der Waals surface area contributed by atoms with E-state index in [-0.39, 0.29) is 12.8 Å². The van der Waals surface area contributed by atoms with Crippen molar-refractivity contribution in [1.29, 1.82) is 0 Å². The van der Waals surface area contributed by atoms with Crippen molar-refractivity contribution in [2.75, 3.05) is 31.2 Å². The summed E-state index contributed by atoms with van der Waals surface area (Å²) in [5.74, 6) is -2.61. The Bertz CT molecular complexity index is 437. The van der Waals surface area contributed by atoms with Crippen LogP contribution in [-0.4, -0.2) is 37.2 Å². The lowest BCUT2D eigenvalue weighted by Gasteiger charge is -2.43. The minimum atomic E-state index is -2.61. The van der Waals surface area contributed by atoms with Crippen molar-refractivity contribution in [2.24, 2.45) is 5.73 Å². The molecule has 0 amide bonds. The second-order valence-corrected chi connectivity index (χ2v) is 5.98. The van der Waals surface area contributed by atoms with Crippen molar-refractivity contribution in [2.45, 2.75) is 24.3 Å². The van der Waals surface area contributed by atoms with Gasteiger partial charge in [0.2, 0.25) is 0 Å². The van der Waals surface area contributed by atoms with Gasteiger partial charge in [-0.2, -0.15) is 0 Å². The molecule has 0 aromatic carbocycles. The van der Waals surface area contributed by atoms with Crippen molar-refractivity contribution in [1.82, 2.24) is 4.98 Å². The van der Waals surface area contributed by atoms with Crippen molar-refractivity contribution >= 4 is 16.5 Å². The molecule has 1 aromatic heterocycles. The van der Waals surface area contributed by atoms with Crippen LogP contribution in [0.1, 0.15) is 17.7 Å². The number of nitrogens with two attached hydrogens (primary N) is 1. The van der Waals surface area contributed by atoms with Gasteiger partial charge < -0.3 is 15.4 Å². The Labute approximate surface area is 108 Å². The Hall–Kier alpha value is -0.790. The second kappa shape index (κ2) is 4.11. The van der Waals surface area contributed by atoms with E-state index in [2.05, 4.69) is 9.88 Å². The maximum Gasteiger partial charge on any atom is 0.252 e. The molecule has 0 radical (unpaired) electrons. The molecule has 2 aliphatic rings. The summed E-state index contributed by atoms with van der Waals surface area (Å²) >= 11 is 1.42. The molecule has 1 saturated carbocycles. The van der Waals surface area contributed by atoms with Gasteiger partial charge in [0, 0.05) is 37.0 Å². The van der Waals surface area contributed by atoms with E-state index in [0.29, 0.717) is 13.2 Å². The van der Waals surface area contributed by atoms with Gasteiger partial charge in [-0.25, -0.2) is 13.8 Å². The predicted octanol–water partition coefficient (Wildman–Crippen LogP) is 1.56. The molecule has 7 heteroatoms. The molecule has 100 valence electrons. The highest BCUT2D eigenvalue weighted by atomic mass is 32.1. The normalized spacial score (nSPS) is 25.8. The summed E-state index contributed by atoms with van der Waals surface area (Å²) in [5.41, 5.74) is 5.11. The van der Waals surface area contributed by atoms with Gasteiger partial charge in [-0.3, -0.25) is 0 Å². The Morgan fingerprint density at radius 3 is 2.61 bits per heavy atom. The van der Waals surface area contributed by atoms with E-state index >= 15 is 0 Å². The van der Waals surface area contributed by atoms with Crippen LogP contribution in [0, 0.1) is 0 Å². The average molecular weight is 275 g/mol. The van der Waals surface area contributed by atoms with Crippen LogP contribution >= 0.6 is 11.3 Å². The number of ether oxygens (including phenoxy) is 1. The largest absolute Gasteiger partial charge is 0.378 e. The van der Waals surface area contributed by atoms with Crippen LogP contribution in [0.3, 0.4) is 0 Å². The van der Waals surface area contributed by atoms with Crippen LogP contribution in [0.25, 0.3) is 0 Å². The zero-order chi connectivity index (χ0) is 12.8. The fraction of sp³-hybridized carbons (Fsp3) is 0.727. The summed E-state index contributed by atoms with van der Waals surface area (Å²) in [5, 5.41) is 0.855. The minimum absolute atomic E-state index is 0.273. The van der Waals surface area contributed by atoms with Crippen LogP contribution in [0.5, 0.6) is 0 Å². The summed E-state index contributed by atoms with van der Waals surface area (Å²) in [6.07, 6.45) is 1.10. The Morgan fingerprint density at radius 1 is 1.33 bits per heavy atom. The van der Waals surface area contributed by atoms with Crippen LogP contribution in [0.2, 0.25) is 0 Å². The topological polar surface area (TPSA) is 51.4 Å². The highest BCUT2D eigenvalue weighted by Crippen LogP contribution is 2.51. The molecule has 0 bridgehead atoms. The van der Waals surface area contributed by atoms with Gasteiger partial charge in [-0.15, -0.1) is 0 Å². The summed E-state index contributed by atoms with van der Waals surface area (Å²) in [6.45, 7) is 2.95. The second-order valence-electron chi connectivity index (χ2n) is 4.97. The number of alkyl halides is 2. The third-order valence-electron chi connectivity index (χ3n) is 3.41. The first-order valence-corrected chi connectivity index (χ1v) is 6.76. The van der Waals surface area contributed by atoms with Gasteiger partial charge in [-0.1, -0.05) is 11.3 Å². The lowest BCUT2D eigenvalue weighted by molar-refractivity contribution is -0.124. The maximum absolute atomic E-state index is 13.0. The lowest BCUT2D eigenvalue weighted by atomic mass is 9.73. The van der Waals surface area contributed by atoms with Gasteiger partial charge in [0.25, 0.3) is 5.92 Å². The number of halogens is 2. The quantitative estimate of drug-likeness (QED) is 0.890. The molecule has 0 spiro atoms. The lowest BCUT2D eigenvalue weighted by Crippen LogP contribution is -2.55. The van der Waals surface area contributed by atoms with Gasteiger partial charge in [0.15, 0.2) is 5.13 Å². The number of morpholine rings is 1. The van der Waals surface area contributed by atoms with Crippen molar-refractivity contribution < 1.29 is 13.5 Å². The number of hydrogen-bond donors (Lipinski definition) is 1. The van der Waals surface area contributed by atoms with E-state index in [1.807, 2.05) is 0 Å². The summed E-state index contributed by atoms with van der Waals surface area (Å²) in [6, 6.07) is 0. The van der Waals surface area contributed by atoms with Gasteiger partial charge in [-0.05, 0) is 0 Å². The van der Waals surface area contributed by atoms with Gasteiger partial charge in [0.1, 0.15) is 0 Å². The molecule has 1 aliphatic carbocycles. The highest BCUT2D eigenvalue weighted by molar-refractivity contribution is 7.15. The Balaban J connectivity index is 1.74. The maximum atomic E-state index is 13.0. The first kappa shape index (κ1) is 12.3. The third kappa shape index (κ3) is 2.10. The van der Waals surface area contributed by atoms with Crippen LogP contribution in [0.4, 0.5) is 13.9 Å². The molecule has 4 nitrogen and oxygen atoms in total. The number of hydrogen-bond acceptors (Lipinski definition) is 5. The fourth-order valence-electron chi connectivity index (χ4n) is 2.44. The molecule has 1 aliphatic heterocycles. The predicted molar refractivity (Wildman–Crippen MR) is 65.2 cm³/mol. The number of nitrogens with zero attached hydrogens (tertiary/aromatic N) is 2. The van der Waals surface area contributed by atoms with E-state index in [9.17, 15) is 8.78 Å². The Morgan fingerprint density at radius 2 is 2.00 bits per heavy atom. The van der Waals surface area contributed by atoms with Crippen LogP contribution < -0.4 is 10.6 Å². The van der Waals surface area contributed by atoms with E-state index in [1.54, 1.807) is 6.20 Å². The monoisotopic (exact) mass is 275 g/mol. The molecule has 0 unspecified atom stereocenters. The third-order valence-corrected chi connectivity index (χ3v) is 4.69. The summed E-state index contributed by atoms with van der Waals surface area (Å²) in [7, 11) is 0. The first-order chi connectivity index (χ1) is 8.49. The van der Waals surface area contributed by atoms with Crippen molar-refractivity contribution in [3.8, 4) is 0 Å². The van der Waals surface area contributed by atoms with E-state index < -0.39 is 11.5 Å². The number of aromatic nitrogens is 1. The average Bonchev–Trinajstić information content (AvgIpc) is 2.77. The van der Waals surface area contributed by atoms with E-state index in [4.69, 9.17) is 10.5 Å². The standard InChI is InChI=1S/C11H15F2N3OS/c12-11(13)6-10(14,7-11)8-5-15-9(18-8)16-1-3-17-4-2-16/h5H,1-4,6-7,14H2. The molecule has 2 heterocycles. The SMILES string of the molecule is NC1(c2cnc(N3CCOCC3)s2)CC(F)(F)C1. The van der Waals surface area contributed by atoms with Crippen molar-refractivity contribution in [3.63, 3.8) is 0 Å². The Kier molecular flexibility index (Phi) is 2.80. The molecule has 2 fully saturated rings. The molecular weight excluding hydrogens is 260 g/mol. The minimum Gasteiger partial charge on any atom is -0.378 e. The molecular formula is C11H15F2N3OS. The van der Waals surface area contributed by atoms with Crippen LogP contribution in [0.15, 0.2) is 6.20 Å². The van der Waals surface area contributed by atoms with Crippen molar-refractivity contribution in [3.05, 3.63) is 11.1 Å². The fourth-order valence-corrected chi connectivity index (χ4v) is 3.51. The van der Waals surface area contributed by atoms with E-state index in [1.165, 1.54) is 11.3 Å². The van der Waals surface area contributed by atoms with Crippen LogP contribution in [-0.2, 0) is 10.3 Å². The van der Waals surface area contributed by atoms with Gasteiger partial charge in [0.05, 0.1) is 18.8 Å². The zero-order valence-corrected chi connectivity index (χ0v) is 10.7. The van der Waals surface area contributed by atoms with Gasteiger partial charge >= 0.3 is 0 Å².